The molecule has 19 heavy (non-hydrogen) atoms. The first-order valence-corrected chi connectivity index (χ1v) is 6.54. The molecule has 0 bridgehead atoms. The molecule has 0 saturated heterocycles. The van der Waals surface area contributed by atoms with Gasteiger partial charge in [-0.3, -0.25) is 4.79 Å². The molecule has 2 rings (SSSR count). The number of carboxylic acid groups (broad SMARTS) is 1. The lowest BCUT2D eigenvalue weighted by molar-refractivity contribution is -0.137. The van der Waals surface area contributed by atoms with E-state index in [-0.39, 0.29) is 12.3 Å². The Morgan fingerprint density at radius 2 is 1.26 bits per heavy atom. The summed E-state index contributed by atoms with van der Waals surface area (Å²) in [5.74, 6) is -1.04. The summed E-state index contributed by atoms with van der Waals surface area (Å²) in [6.45, 7) is 0. The molecule has 0 unspecified atom stereocenters. The van der Waals surface area contributed by atoms with Gasteiger partial charge < -0.3 is 5.11 Å². The van der Waals surface area contributed by atoms with Crippen molar-refractivity contribution < 1.29 is 9.90 Å². The number of carboxylic acids is 1. The Morgan fingerprint density at radius 1 is 0.895 bits per heavy atom. The van der Waals surface area contributed by atoms with Gasteiger partial charge in [-0.25, -0.2) is 0 Å². The van der Waals surface area contributed by atoms with Gasteiger partial charge in [0.15, 0.2) is 0 Å². The lowest BCUT2D eigenvalue weighted by atomic mass is 9.89. The van der Waals surface area contributed by atoms with E-state index in [0.717, 1.165) is 11.1 Å². The summed E-state index contributed by atoms with van der Waals surface area (Å²) in [4.78, 5) is 11.0. The normalized spacial score (nSPS) is 10.7. The van der Waals surface area contributed by atoms with Crippen LogP contribution in [0.3, 0.4) is 0 Å². The Labute approximate surface area is 121 Å². The van der Waals surface area contributed by atoms with Crippen LogP contribution in [0, 0.1) is 0 Å². The lowest BCUT2D eigenvalue weighted by Gasteiger charge is -2.16. The van der Waals surface area contributed by atoms with E-state index in [9.17, 15) is 4.79 Å². The monoisotopic (exact) mass is 294 g/mol. The highest BCUT2D eigenvalue weighted by atomic mass is 35.5. The molecule has 98 valence electrons. The Bertz CT molecular complexity index is 516. The highest BCUT2D eigenvalue weighted by molar-refractivity contribution is 6.30. The summed E-state index contributed by atoms with van der Waals surface area (Å²) in [6, 6.07) is 14.5. The van der Waals surface area contributed by atoms with Gasteiger partial charge in [-0.15, -0.1) is 0 Å². The van der Waals surface area contributed by atoms with Crippen LogP contribution in [0.4, 0.5) is 0 Å². The van der Waals surface area contributed by atoms with Gasteiger partial charge in [0.2, 0.25) is 0 Å². The second-order valence-electron chi connectivity index (χ2n) is 4.25. The van der Waals surface area contributed by atoms with Gasteiger partial charge in [0.05, 0.1) is 6.42 Å². The first-order valence-electron chi connectivity index (χ1n) is 5.79. The molecule has 0 saturated carbocycles. The fourth-order valence-corrected chi connectivity index (χ4v) is 2.24. The van der Waals surface area contributed by atoms with Crippen LogP contribution in [0.25, 0.3) is 0 Å². The molecule has 0 radical (unpaired) electrons. The van der Waals surface area contributed by atoms with Crippen LogP contribution >= 0.6 is 23.2 Å². The van der Waals surface area contributed by atoms with E-state index >= 15 is 0 Å². The molecule has 1 N–H and O–H groups in total. The van der Waals surface area contributed by atoms with Crippen molar-refractivity contribution in [2.75, 3.05) is 0 Å². The number of aliphatic carboxylic acids is 1. The fourth-order valence-electron chi connectivity index (χ4n) is 1.99. The number of benzene rings is 2. The van der Waals surface area contributed by atoms with Crippen molar-refractivity contribution in [2.24, 2.45) is 0 Å². The molecule has 0 aliphatic rings. The third kappa shape index (κ3) is 3.72. The summed E-state index contributed by atoms with van der Waals surface area (Å²) in [6.07, 6.45) is 0.0310. The standard InChI is InChI=1S/C15H12Cl2O2/c16-12-5-1-10(2-6-12)14(9-15(18)19)11-3-7-13(17)8-4-11/h1-8,14H,9H2,(H,18,19). The molecule has 2 nitrogen and oxygen atoms in total. The van der Waals surface area contributed by atoms with Crippen molar-refractivity contribution in [1.82, 2.24) is 0 Å². The highest BCUT2D eigenvalue weighted by Crippen LogP contribution is 2.29. The second-order valence-corrected chi connectivity index (χ2v) is 5.13. The maximum Gasteiger partial charge on any atom is 0.304 e. The first-order chi connectivity index (χ1) is 9.06. The van der Waals surface area contributed by atoms with Crippen molar-refractivity contribution in [3.8, 4) is 0 Å². The average Bonchev–Trinajstić information content (AvgIpc) is 2.38. The van der Waals surface area contributed by atoms with E-state index in [1.54, 1.807) is 24.3 Å². The van der Waals surface area contributed by atoms with Crippen LogP contribution in [-0.4, -0.2) is 11.1 Å². The molecule has 0 aliphatic carbocycles. The molecule has 2 aromatic rings. The van der Waals surface area contributed by atoms with Crippen LogP contribution < -0.4 is 0 Å². The fraction of sp³-hybridized carbons (Fsp3) is 0.133. The van der Waals surface area contributed by atoms with Crippen LogP contribution in [0.2, 0.25) is 10.0 Å². The van der Waals surface area contributed by atoms with Crippen molar-refractivity contribution >= 4 is 29.2 Å². The zero-order valence-electron chi connectivity index (χ0n) is 10.0. The molecule has 0 spiro atoms. The van der Waals surface area contributed by atoms with Crippen molar-refractivity contribution in [2.45, 2.75) is 12.3 Å². The Balaban J connectivity index is 2.37. The predicted molar refractivity (Wildman–Crippen MR) is 77.0 cm³/mol. The summed E-state index contributed by atoms with van der Waals surface area (Å²) in [5, 5.41) is 10.3. The van der Waals surface area contributed by atoms with Gasteiger partial charge in [-0.05, 0) is 35.4 Å². The molecular weight excluding hydrogens is 283 g/mol. The molecule has 0 amide bonds. The van der Waals surface area contributed by atoms with Crippen molar-refractivity contribution in [3.63, 3.8) is 0 Å². The maximum absolute atomic E-state index is 11.0. The zero-order chi connectivity index (χ0) is 13.8. The van der Waals surface area contributed by atoms with Gasteiger partial charge in [-0.2, -0.15) is 0 Å². The topological polar surface area (TPSA) is 37.3 Å². The van der Waals surface area contributed by atoms with Crippen LogP contribution in [0.5, 0.6) is 0 Å². The SMILES string of the molecule is O=C(O)CC(c1ccc(Cl)cc1)c1ccc(Cl)cc1. The number of hydrogen-bond donors (Lipinski definition) is 1. The Morgan fingerprint density at radius 3 is 1.58 bits per heavy atom. The largest absolute Gasteiger partial charge is 0.481 e. The minimum atomic E-state index is -0.838. The molecule has 4 heteroatoms. The molecule has 0 heterocycles. The molecule has 0 atom stereocenters. The molecular formula is C15H12Cl2O2. The Kier molecular flexibility index (Phi) is 4.46. The van der Waals surface area contributed by atoms with E-state index < -0.39 is 5.97 Å². The number of hydrogen-bond acceptors (Lipinski definition) is 1. The van der Waals surface area contributed by atoms with Crippen LogP contribution in [0.15, 0.2) is 48.5 Å². The Hall–Kier alpha value is -1.51. The third-order valence-electron chi connectivity index (χ3n) is 2.92. The molecule has 0 aliphatic heterocycles. The first kappa shape index (κ1) is 13.9. The van der Waals surface area contributed by atoms with E-state index in [0.29, 0.717) is 10.0 Å². The number of rotatable bonds is 4. The van der Waals surface area contributed by atoms with Gasteiger partial charge >= 0.3 is 5.97 Å². The van der Waals surface area contributed by atoms with Crippen LogP contribution in [-0.2, 0) is 4.79 Å². The molecule has 0 fully saturated rings. The summed E-state index contributed by atoms with van der Waals surface area (Å²) in [5.41, 5.74) is 1.85. The van der Waals surface area contributed by atoms with Crippen molar-refractivity contribution in [1.29, 1.82) is 0 Å². The maximum atomic E-state index is 11.0. The highest BCUT2D eigenvalue weighted by Gasteiger charge is 2.17. The predicted octanol–water partition coefficient (Wildman–Crippen LogP) is 4.60. The minimum Gasteiger partial charge on any atom is -0.481 e. The molecule has 0 aromatic heterocycles. The quantitative estimate of drug-likeness (QED) is 0.895. The summed E-state index contributed by atoms with van der Waals surface area (Å²) >= 11 is 11.7. The van der Waals surface area contributed by atoms with Gasteiger partial charge in [-0.1, -0.05) is 47.5 Å². The summed E-state index contributed by atoms with van der Waals surface area (Å²) < 4.78 is 0. The second kappa shape index (κ2) is 6.09. The molecule has 2 aromatic carbocycles. The summed E-state index contributed by atoms with van der Waals surface area (Å²) in [7, 11) is 0. The van der Waals surface area contributed by atoms with E-state index in [1.165, 1.54) is 0 Å². The third-order valence-corrected chi connectivity index (χ3v) is 3.43. The average molecular weight is 295 g/mol. The van der Waals surface area contributed by atoms with Crippen molar-refractivity contribution in [3.05, 3.63) is 69.7 Å². The van der Waals surface area contributed by atoms with E-state index in [2.05, 4.69) is 0 Å². The van der Waals surface area contributed by atoms with Gasteiger partial charge in [0, 0.05) is 16.0 Å². The zero-order valence-corrected chi connectivity index (χ0v) is 11.5. The van der Waals surface area contributed by atoms with E-state index in [1.807, 2.05) is 24.3 Å². The van der Waals surface area contributed by atoms with Gasteiger partial charge in [0.1, 0.15) is 0 Å². The van der Waals surface area contributed by atoms with Crippen LogP contribution in [0.1, 0.15) is 23.5 Å². The number of halogens is 2. The van der Waals surface area contributed by atoms with Gasteiger partial charge in [0.25, 0.3) is 0 Å². The number of carbonyl (C=O) groups is 1. The smallest absolute Gasteiger partial charge is 0.304 e. The van der Waals surface area contributed by atoms with E-state index in [4.69, 9.17) is 28.3 Å². The lowest BCUT2D eigenvalue weighted by Crippen LogP contribution is -2.07. The minimum absolute atomic E-state index is 0.0310.